The monoisotopic (exact) mass is 558 g/mol. The van der Waals surface area contributed by atoms with Crippen molar-refractivity contribution in [3.05, 3.63) is 99.1 Å². The molecule has 214 valence electrons. The van der Waals surface area contributed by atoms with Crippen LogP contribution in [-0.2, 0) is 11.3 Å². The number of carboxylic acid groups (broad SMARTS) is 1. The fourth-order valence-electron chi connectivity index (χ4n) is 5.05. The molecule has 41 heavy (non-hydrogen) atoms. The molecule has 0 saturated heterocycles. The average Bonchev–Trinajstić information content (AvgIpc) is 2.97. The Bertz CT molecular complexity index is 1400. The predicted octanol–water partition coefficient (Wildman–Crippen LogP) is 6.39. The number of aliphatic carboxylic acids is 1. The Balaban J connectivity index is 1.55. The summed E-state index contributed by atoms with van der Waals surface area (Å²) < 4.78 is 0. The summed E-state index contributed by atoms with van der Waals surface area (Å²) in [6, 6.07) is 18.8. The van der Waals surface area contributed by atoms with Crippen LogP contribution in [0, 0.1) is 17.0 Å². The van der Waals surface area contributed by atoms with Crippen molar-refractivity contribution >= 4 is 35.0 Å². The fraction of sp³-hybridized carbons (Fsp3) is 0.323. The maximum absolute atomic E-state index is 13.6. The van der Waals surface area contributed by atoms with E-state index in [0.717, 1.165) is 18.4 Å². The van der Waals surface area contributed by atoms with Gasteiger partial charge in [0.05, 0.1) is 17.9 Å². The Kier molecular flexibility index (Phi) is 9.68. The minimum atomic E-state index is -0.994. The van der Waals surface area contributed by atoms with Crippen LogP contribution < -0.4 is 15.5 Å². The lowest BCUT2D eigenvalue weighted by atomic mass is 9.84. The lowest BCUT2D eigenvalue weighted by molar-refractivity contribution is -0.385. The maximum Gasteiger partial charge on any atom is 0.326 e. The van der Waals surface area contributed by atoms with E-state index in [0.29, 0.717) is 28.4 Å². The number of nitrogens with one attached hydrogen (secondary N) is 2. The highest BCUT2D eigenvalue weighted by Gasteiger charge is 2.21. The van der Waals surface area contributed by atoms with Gasteiger partial charge in [-0.25, -0.2) is 4.79 Å². The molecule has 1 aliphatic carbocycles. The molecule has 0 radical (unpaired) electrons. The van der Waals surface area contributed by atoms with Gasteiger partial charge in [-0.1, -0.05) is 49.6 Å². The molecule has 3 amide bonds. The number of amides is 3. The van der Waals surface area contributed by atoms with Crippen LogP contribution in [0.1, 0.15) is 71.5 Å². The second-order valence-electron chi connectivity index (χ2n) is 10.3. The van der Waals surface area contributed by atoms with Crippen LogP contribution in [0.4, 0.5) is 21.9 Å². The molecule has 0 unspecified atom stereocenters. The minimum Gasteiger partial charge on any atom is -0.481 e. The molecule has 1 fully saturated rings. The zero-order valence-electron chi connectivity index (χ0n) is 23.0. The van der Waals surface area contributed by atoms with Crippen LogP contribution in [0.5, 0.6) is 0 Å². The van der Waals surface area contributed by atoms with Gasteiger partial charge in [0.15, 0.2) is 0 Å². The van der Waals surface area contributed by atoms with Crippen molar-refractivity contribution in [3.63, 3.8) is 0 Å². The van der Waals surface area contributed by atoms with Crippen LogP contribution in [0.2, 0.25) is 0 Å². The van der Waals surface area contributed by atoms with E-state index in [9.17, 15) is 24.5 Å². The summed E-state index contributed by atoms with van der Waals surface area (Å²) in [5.74, 6) is -0.861. The number of urea groups is 1. The molecule has 1 saturated carbocycles. The second-order valence-corrected chi connectivity index (χ2v) is 10.3. The molecule has 0 atom stereocenters. The Morgan fingerprint density at radius 1 is 0.976 bits per heavy atom. The Morgan fingerprint density at radius 3 is 2.29 bits per heavy atom. The zero-order valence-corrected chi connectivity index (χ0v) is 23.0. The Morgan fingerprint density at radius 2 is 1.66 bits per heavy atom. The van der Waals surface area contributed by atoms with E-state index >= 15 is 0 Å². The molecule has 0 aromatic heterocycles. The first-order valence-electron chi connectivity index (χ1n) is 13.7. The van der Waals surface area contributed by atoms with Gasteiger partial charge in [-0.2, -0.15) is 0 Å². The van der Waals surface area contributed by atoms with Gasteiger partial charge in [-0.15, -0.1) is 0 Å². The molecule has 10 heteroatoms. The number of hydrogen-bond donors (Lipinski definition) is 3. The first-order chi connectivity index (χ1) is 19.7. The second kappa shape index (κ2) is 13.6. The third kappa shape index (κ3) is 7.91. The summed E-state index contributed by atoms with van der Waals surface area (Å²) in [5, 5.41) is 25.5. The van der Waals surface area contributed by atoms with Gasteiger partial charge in [0.2, 0.25) is 0 Å². The van der Waals surface area contributed by atoms with Crippen molar-refractivity contribution in [1.29, 1.82) is 0 Å². The predicted molar refractivity (Wildman–Crippen MR) is 156 cm³/mol. The van der Waals surface area contributed by atoms with E-state index in [2.05, 4.69) is 22.8 Å². The van der Waals surface area contributed by atoms with Crippen molar-refractivity contribution in [2.75, 3.05) is 16.8 Å². The van der Waals surface area contributed by atoms with E-state index in [1.807, 2.05) is 12.1 Å². The Hall–Kier alpha value is -4.73. The summed E-state index contributed by atoms with van der Waals surface area (Å²) in [7, 11) is 0. The van der Waals surface area contributed by atoms with Crippen molar-refractivity contribution in [2.24, 2.45) is 0 Å². The molecule has 0 aliphatic heterocycles. The summed E-state index contributed by atoms with van der Waals surface area (Å²) in [5.41, 5.74) is 3.77. The molecule has 1 aliphatic rings. The summed E-state index contributed by atoms with van der Waals surface area (Å²) in [6.45, 7) is 1.85. The highest BCUT2D eigenvalue weighted by atomic mass is 16.6. The van der Waals surface area contributed by atoms with Gasteiger partial charge in [0.25, 0.3) is 11.6 Å². The van der Waals surface area contributed by atoms with E-state index in [-0.39, 0.29) is 31.1 Å². The van der Waals surface area contributed by atoms with Crippen molar-refractivity contribution in [1.82, 2.24) is 5.32 Å². The molecular weight excluding hydrogens is 524 g/mol. The smallest absolute Gasteiger partial charge is 0.326 e. The fourth-order valence-corrected chi connectivity index (χ4v) is 5.05. The third-order valence-corrected chi connectivity index (χ3v) is 7.36. The van der Waals surface area contributed by atoms with E-state index in [1.165, 1.54) is 30.9 Å². The number of anilines is 2. The maximum atomic E-state index is 13.6. The van der Waals surface area contributed by atoms with Crippen LogP contribution in [-0.4, -0.2) is 34.5 Å². The molecule has 3 N–H and O–H groups in total. The number of hydrogen-bond acceptors (Lipinski definition) is 5. The normalized spacial score (nSPS) is 13.3. The lowest BCUT2D eigenvalue weighted by Crippen LogP contribution is -2.34. The van der Waals surface area contributed by atoms with Gasteiger partial charge < -0.3 is 15.7 Å². The number of nitrogens with zero attached hydrogens (tertiary/aromatic N) is 2. The molecule has 0 spiro atoms. The molecule has 0 bridgehead atoms. The van der Waals surface area contributed by atoms with E-state index in [4.69, 9.17) is 5.11 Å². The first kappa shape index (κ1) is 29.3. The van der Waals surface area contributed by atoms with E-state index < -0.39 is 16.9 Å². The molecular formula is C31H34N4O6. The van der Waals surface area contributed by atoms with Gasteiger partial charge in [0.1, 0.15) is 0 Å². The summed E-state index contributed by atoms with van der Waals surface area (Å²) in [4.78, 5) is 49.1. The van der Waals surface area contributed by atoms with Gasteiger partial charge in [-0.3, -0.25) is 24.6 Å². The van der Waals surface area contributed by atoms with Gasteiger partial charge >= 0.3 is 12.0 Å². The highest BCUT2D eigenvalue weighted by molar-refractivity contribution is 6.02. The van der Waals surface area contributed by atoms with Gasteiger partial charge in [0, 0.05) is 35.1 Å². The Labute approximate surface area is 238 Å². The van der Waals surface area contributed by atoms with Crippen molar-refractivity contribution in [2.45, 2.75) is 57.9 Å². The summed E-state index contributed by atoms with van der Waals surface area (Å²) >= 11 is 0. The summed E-state index contributed by atoms with van der Waals surface area (Å²) in [6.07, 6.45) is 5.85. The molecule has 4 rings (SSSR count). The molecule has 10 nitrogen and oxygen atoms in total. The van der Waals surface area contributed by atoms with Crippen molar-refractivity contribution < 1.29 is 24.4 Å². The molecule has 3 aromatic carbocycles. The van der Waals surface area contributed by atoms with Gasteiger partial charge in [-0.05, 0) is 67.1 Å². The standard InChI is InChI=1S/C31H34N4O6/c1-21-7-14-26(19-28(21)35(40)41)33-31(39)34(27-15-12-24(13-16-27)23-5-3-2-4-6-23)20-22-8-10-25(11-9-22)30(38)32-18-17-29(36)37/h7-16,19,23H,2-6,17-18,20H2,1H3,(H,32,38)(H,33,39)(H,36,37). The quantitative estimate of drug-likeness (QED) is 0.194. The lowest BCUT2D eigenvalue weighted by Gasteiger charge is -2.26. The first-order valence-corrected chi connectivity index (χ1v) is 13.7. The van der Waals surface area contributed by atoms with Crippen LogP contribution >= 0.6 is 0 Å². The van der Waals surface area contributed by atoms with Crippen molar-refractivity contribution in [3.8, 4) is 0 Å². The number of carbonyl (C=O) groups excluding carboxylic acids is 2. The molecule has 3 aromatic rings. The SMILES string of the molecule is Cc1ccc(NC(=O)N(Cc2ccc(C(=O)NCCC(=O)O)cc2)c2ccc(C3CCCCC3)cc2)cc1[N+](=O)[O-]. The number of aryl methyl sites for hydroxylation is 1. The largest absolute Gasteiger partial charge is 0.481 e. The number of benzene rings is 3. The highest BCUT2D eigenvalue weighted by Crippen LogP contribution is 2.34. The molecule has 0 heterocycles. The van der Waals surface area contributed by atoms with E-state index in [1.54, 1.807) is 48.2 Å². The number of carbonyl (C=O) groups is 3. The topological polar surface area (TPSA) is 142 Å². The average molecular weight is 559 g/mol. The number of nitro groups is 1. The number of nitro benzene ring substituents is 1. The van der Waals surface area contributed by atoms with Crippen LogP contribution in [0.15, 0.2) is 66.7 Å². The van der Waals surface area contributed by atoms with Crippen LogP contribution in [0.3, 0.4) is 0 Å². The minimum absolute atomic E-state index is 0.0257. The zero-order chi connectivity index (χ0) is 29.4. The number of carboxylic acids is 1. The van der Waals surface area contributed by atoms with Crippen LogP contribution in [0.25, 0.3) is 0 Å². The third-order valence-electron chi connectivity index (χ3n) is 7.36. The number of rotatable bonds is 10.